The van der Waals surface area contributed by atoms with E-state index in [1.807, 2.05) is 0 Å². The highest BCUT2D eigenvalue weighted by molar-refractivity contribution is 5.52. The number of hydrogen-bond acceptors (Lipinski definition) is 3. The quantitative estimate of drug-likeness (QED) is 0.505. The molecule has 0 atom stereocenters. The van der Waals surface area contributed by atoms with E-state index in [1.54, 1.807) is 0 Å². The maximum absolute atomic E-state index is 12.2. The second-order valence-corrected chi connectivity index (χ2v) is 2.72. The number of nitrogens with one attached hydrogen (secondary N) is 1. The van der Waals surface area contributed by atoms with E-state index in [1.165, 1.54) is 6.07 Å². The summed E-state index contributed by atoms with van der Waals surface area (Å²) in [5.74, 6) is 5.10. The van der Waals surface area contributed by atoms with Gasteiger partial charge in [0.2, 0.25) is 0 Å². The summed E-state index contributed by atoms with van der Waals surface area (Å²) in [6.45, 7) is 0.00343. The molecule has 0 unspecified atom stereocenters. The van der Waals surface area contributed by atoms with E-state index in [2.05, 4.69) is 5.43 Å². The third kappa shape index (κ3) is 2.15. The van der Waals surface area contributed by atoms with Crippen LogP contribution in [0.4, 0.5) is 18.9 Å². The van der Waals surface area contributed by atoms with Gasteiger partial charge in [-0.3, -0.25) is 5.84 Å². The number of nitrogens with two attached hydrogens (primary N) is 2. The zero-order chi connectivity index (χ0) is 10.8. The first kappa shape index (κ1) is 10.8. The largest absolute Gasteiger partial charge is 0.416 e. The van der Waals surface area contributed by atoms with Crippen molar-refractivity contribution >= 4 is 5.69 Å². The first-order chi connectivity index (χ1) is 6.49. The average molecular weight is 205 g/mol. The Morgan fingerprint density at radius 2 is 1.93 bits per heavy atom. The number of alkyl halides is 3. The Morgan fingerprint density at radius 3 is 2.36 bits per heavy atom. The second kappa shape index (κ2) is 3.85. The molecule has 1 aromatic carbocycles. The lowest BCUT2D eigenvalue weighted by molar-refractivity contribution is -0.137. The third-order valence-corrected chi connectivity index (χ3v) is 1.81. The van der Waals surface area contributed by atoms with Crippen LogP contribution in [0.5, 0.6) is 0 Å². The molecule has 0 aliphatic carbocycles. The molecule has 0 heterocycles. The molecule has 78 valence electrons. The third-order valence-electron chi connectivity index (χ3n) is 1.81. The summed E-state index contributed by atoms with van der Waals surface area (Å²) in [5, 5.41) is 0. The fourth-order valence-electron chi connectivity index (χ4n) is 1.08. The van der Waals surface area contributed by atoms with E-state index in [-0.39, 0.29) is 6.54 Å². The maximum atomic E-state index is 12.2. The number of hydrogen-bond donors (Lipinski definition) is 3. The van der Waals surface area contributed by atoms with Crippen molar-refractivity contribution in [3.05, 3.63) is 29.3 Å². The minimum Gasteiger partial charge on any atom is -0.326 e. The minimum atomic E-state index is -4.35. The van der Waals surface area contributed by atoms with Gasteiger partial charge in [0.05, 0.1) is 11.3 Å². The van der Waals surface area contributed by atoms with Crippen molar-refractivity contribution in [3.63, 3.8) is 0 Å². The van der Waals surface area contributed by atoms with Crippen molar-refractivity contribution in [2.24, 2.45) is 11.6 Å². The van der Waals surface area contributed by atoms with E-state index >= 15 is 0 Å². The summed E-state index contributed by atoms with van der Waals surface area (Å²) in [5.41, 5.74) is 7.57. The van der Waals surface area contributed by atoms with Gasteiger partial charge in [0, 0.05) is 6.54 Å². The highest BCUT2D eigenvalue weighted by atomic mass is 19.4. The number of anilines is 1. The summed E-state index contributed by atoms with van der Waals surface area (Å²) in [4.78, 5) is 0. The molecular weight excluding hydrogens is 195 g/mol. The molecule has 14 heavy (non-hydrogen) atoms. The number of hydrazine groups is 1. The summed E-state index contributed by atoms with van der Waals surface area (Å²) >= 11 is 0. The molecule has 6 heteroatoms. The monoisotopic (exact) mass is 205 g/mol. The normalized spacial score (nSPS) is 11.5. The standard InChI is InChI=1S/C8H10F3N3/c9-8(10,11)6-1-2-7(14-13)5(3-6)4-12/h1-3,14H,4,12-13H2. The van der Waals surface area contributed by atoms with Crippen LogP contribution in [-0.2, 0) is 12.7 Å². The summed E-state index contributed by atoms with van der Waals surface area (Å²) in [6, 6.07) is 3.19. The van der Waals surface area contributed by atoms with Crippen molar-refractivity contribution in [3.8, 4) is 0 Å². The van der Waals surface area contributed by atoms with Crippen LogP contribution in [0.3, 0.4) is 0 Å². The summed E-state index contributed by atoms with van der Waals surface area (Å²) in [7, 11) is 0. The van der Waals surface area contributed by atoms with Crippen LogP contribution in [0.2, 0.25) is 0 Å². The lowest BCUT2D eigenvalue weighted by Crippen LogP contribution is -2.13. The van der Waals surface area contributed by atoms with E-state index in [0.717, 1.165) is 12.1 Å². The molecule has 5 N–H and O–H groups in total. The molecule has 0 fully saturated rings. The average Bonchev–Trinajstić information content (AvgIpc) is 2.15. The van der Waals surface area contributed by atoms with Gasteiger partial charge in [-0.25, -0.2) is 0 Å². The summed E-state index contributed by atoms with van der Waals surface area (Å²) in [6.07, 6.45) is -4.35. The molecule has 1 rings (SSSR count). The van der Waals surface area contributed by atoms with E-state index < -0.39 is 11.7 Å². The van der Waals surface area contributed by atoms with Gasteiger partial charge in [-0.05, 0) is 23.8 Å². The van der Waals surface area contributed by atoms with Gasteiger partial charge in [-0.15, -0.1) is 0 Å². The number of benzene rings is 1. The lowest BCUT2D eigenvalue weighted by Gasteiger charge is -2.11. The molecular formula is C8H10F3N3. The Labute approximate surface area is 78.9 Å². The van der Waals surface area contributed by atoms with Crippen LogP contribution in [0.25, 0.3) is 0 Å². The van der Waals surface area contributed by atoms with Crippen LogP contribution in [0.15, 0.2) is 18.2 Å². The van der Waals surface area contributed by atoms with E-state index in [4.69, 9.17) is 11.6 Å². The topological polar surface area (TPSA) is 64.1 Å². The van der Waals surface area contributed by atoms with Crippen LogP contribution >= 0.6 is 0 Å². The first-order valence-corrected chi connectivity index (χ1v) is 3.86. The number of nitrogen functional groups attached to an aromatic ring is 1. The molecule has 1 aromatic rings. The highest BCUT2D eigenvalue weighted by Crippen LogP contribution is 2.31. The van der Waals surface area contributed by atoms with Gasteiger partial charge in [-0.2, -0.15) is 13.2 Å². The molecule has 0 bridgehead atoms. The van der Waals surface area contributed by atoms with Crippen molar-refractivity contribution in [1.82, 2.24) is 0 Å². The maximum Gasteiger partial charge on any atom is 0.416 e. The highest BCUT2D eigenvalue weighted by Gasteiger charge is 2.30. The van der Waals surface area contributed by atoms with Crippen molar-refractivity contribution in [2.75, 3.05) is 5.43 Å². The Hall–Kier alpha value is -1.27. The van der Waals surface area contributed by atoms with E-state index in [0.29, 0.717) is 11.3 Å². The molecule has 0 saturated heterocycles. The summed E-state index contributed by atoms with van der Waals surface area (Å²) < 4.78 is 36.7. The van der Waals surface area contributed by atoms with Gasteiger partial charge in [0.1, 0.15) is 0 Å². The lowest BCUT2D eigenvalue weighted by atomic mass is 10.1. The minimum absolute atomic E-state index is 0.00343. The predicted octanol–water partition coefficient (Wildman–Crippen LogP) is 1.45. The molecule has 0 aliphatic rings. The fraction of sp³-hybridized carbons (Fsp3) is 0.250. The second-order valence-electron chi connectivity index (χ2n) is 2.72. The molecule has 0 amide bonds. The predicted molar refractivity (Wildman–Crippen MR) is 47.1 cm³/mol. The number of rotatable bonds is 2. The molecule has 0 saturated carbocycles. The SMILES string of the molecule is NCc1cc(C(F)(F)F)ccc1NN. The van der Waals surface area contributed by atoms with Gasteiger partial charge >= 0.3 is 6.18 Å². The van der Waals surface area contributed by atoms with Gasteiger partial charge in [-0.1, -0.05) is 0 Å². The first-order valence-electron chi connectivity index (χ1n) is 3.86. The van der Waals surface area contributed by atoms with Crippen molar-refractivity contribution in [1.29, 1.82) is 0 Å². The molecule has 0 aromatic heterocycles. The number of halogens is 3. The molecule has 3 nitrogen and oxygen atoms in total. The molecule has 0 aliphatic heterocycles. The van der Waals surface area contributed by atoms with Crippen molar-refractivity contribution < 1.29 is 13.2 Å². The zero-order valence-corrected chi connectivity index (χ0v) is 7.23. The Kier molecular flexibility index (Phi) is 2.97. The van der Waals surface area contributed by atoms with Crippen LogP contribution < -0.4 is 17.0 Å². The Morgan fingerprint density at radius 1 is 1.29 bits per heavy atom. The fourth-order valence-corrected chi connectivity index (χ4v) is 1.08. The Bertz CT molecular complexity index is 322. The van der Waals surface area contributed by atoms with E-state index in [9.17, 15) is 13.2 Å². The molecule has 0 spiro atoms. The zero-order valence-electron chi connectivity index (χ0n) is 7.23. The smallest absolute Gasteiger partial charge is 0.326 e. The van der Waals surface area contributed by atoms with Gasteiger partial charge in [0.25, 0.3) is 0 Å². The van der Waals surface area contributed by atoms with Gasteiger partial charge in [0.15, 0.2) is 0 Å². The van der Waals surface area contributed by atoms with Crippen LogP contribution in [0.1, 0.15) is 11.1 Å². The van der Waals surface area contributed by atoms with Gasteiger partial charge < -0.3 is 11.2 Å². The van der Waals surface area contributed by atoms with Crippen molar-refractivity contribution in [2.45, 2.75) is 12.7 Å². The Balaban J connectivity index is 3.14. The van der Waals surface area contributed by atoms with Crippen LogP contribution in [0, 0.1) is 0 Å². The van der Waals surface area contributed by atoms with Crippen LogP contribution in [-0.4, -0.2) is 0 Å². The molecule has 0 radical (unpaired) electrons.